The Labute approximate surface area is 129 Å². The average molecular weight is 287 g/mol. The highest BCUT2D eigenvalue weighted by molar-refractivity contribution is 5.87. The third kappa shape index (κ3) is 1.84. The molecular weight excluding hydrogens is 270 g/mol. The third-order valence-electron chi connectivity index (χ3n) is 4.43. The minimum atomic E-state index is 0.0824. The monoisotopic (exact) mass is 287 g/mol. The van der Waals surface area contributed by atoms with Gasteiger partial charge in [-0.1, -0.05) is 48.6 Å². The number of aryl methyl sites for hydroxylation is 2. The Hall–Kier alpha value is -2.61. The smallest absolute Gasteiger partial charge is 0.263 e. The number of fused-ring (bicyclic) bond motifs is 3. The second-order valence-electron chi connectivity index (χ2n) is 5.78. The summed E-state index contributed by atoms with van der Waals surface area (Å²) in [5.41, 5.74) is 5.18. The minimum Gasteiger partial charge on any atom is -0.276 e. The summed E-state index contributed by atoms with van der Waals surface area (Å²) in [7, 11) is 0. The van der Waals surface area contributed by atoms with Crippen LogP contribution in [0, 0.1) is 6.92 Å². The van der Waals surface area contributed by atoms with Crippen molar-refractivity contribution in [3.8, 4) is 5.69 Å². The van der Waals surface area contributed by atoms with Crippen LogP contribution in [-0.4, -0.2) is 4.57 Å². The largest absolute Gasteiger partial charge is 0.276 e. The van der Waals surface area contributed by atoms with E-state index in [2.05, 4.69) is 12.1 Å². The summed E-state index contributed by atoms with van der Waals surface area (Å²) in [6, 6.07) is 16.3. The first-order valence-electron chi connectivity index (χ1n) is 7.66. The lowest BCUT2D eigenvalue weighted by atomic mass is 9.94. The molecular formula is C20H17NO. The Morgan fingerprint density at radius 3 is 2.64 bits per heavy atom. The molecule has 0 atom stereocenters. The Morgan fingerprint density at radius 1 is 1.00 bits per heavy atom. The van der Waals surface area contributed by atoms with Gasteiger partial charge in [0.15, 0.2) is 0 Å². The predicted octanol–water partition coefficient (Wildman–Crippen LogP) is 4.26. The quantitative estimate of drug-likeness (QED) is 0.655. The van der Waals surface area contributed by atoms with Crippen molar-refractivity contribution in [1.82, 2.24) is 4.57 Å². The molecule has 1 heterocycles. The number of hydrogen-bond donors (Lipinski definition) is 0. The van der Waals surface area contributed by atoms with E-state index in [0.717, 1.165) is 35.2 Å². The third-order valence-corrected chi connectivity index (χ3v) is 4.43. The van der Waals surface area contributed by atoms with Crippen molar-refractivity contribution >= 4 is 17.0 Å². The molecule has 22 heavy (non-hydrogen) atoms. The zero-order valence-corrected chi connectivity index (χ0v) is 12.5. The van der Waals surface area contributed by atoms with Gasteiger partial charge >= 0.3 is 0 Å². The van der Waals surface area contributed by atoms with Crippen molar-refractivity contribution in [3.63, 3.8) is 0 Å². The van der Waals surface area contributed by atoms with Crippen LogP contribution in [0.4, 0.5) is 0 Å². The fourth-order valence-corrected chi connectivity index (χ4v) is 3.35. The maximum absolute atomic E-state index is 13.1. The number of allylic oxidation sites excluding steroid dienone is 1. The zero-order chi connectivity index (χ0) is 15.1. The number of hydrogen-bond acceptors (Lipinski definition) is 1. The Kier molecular flexibility index (Phi) is 2.97. The van der Waals surface area contributed by atoms with Crippen molar-refractivity contribution in [2.24, 2.45) is 0 Å². The highest BCUT2D eigenvalue weighted by Crippen LogP contribution is 2.27. The molecule has 2 nitrogen and oxygen atoms in total. The molecule has 0 fully saturated rings. The molecule has 4 rings (SSSR count). The molecule has 0 saturated heterocycles. The number of para-hydroxylation sites is 2. The molecule has 0 saturated carbocycles. The van der Waals surface area contributed by atoms with Crippen LogP contribution < -0.4 is 5.56 Å². The van der Waals surface area contributed by atoms with E-state index in [4.69, 9.17) is 0 Å². The molecule has 0 spiro atoms. The lowest BCUT2D eigenvalue weighted by Gasteiger charge is -2.19. The van der Waals surface area contributed by atoms with E-state index < -0.39 is 0 Å². The molecule has 1 aliphatic rings. The van der Waals surface area contributed by atoms with E-state index in [-0.39, 0.29) is 5.56 Å². The first-order valence-corrected chi connectivity index (χ1v) is 7.66. The van der Waals surface area contributed by atoms with Crippen LogP contribution in [-0.2, 0) is 6.42 Å². The predicted molar refractivity (Wildman–Crippen MR) is 91.6 cm³/mol. The van der Waals surface area contributed by atoms with Crippen LogP contribution in [0.15, 0.2) is 59.4 Å². The number of nitrogens with zero attached hydrogens (tertiary/aromatic N) is 1. The molecule has 0 aliphatic heterocycles. The summed E-state index contributed by atoms with van der Waals surface area (Å²) >= 11 is 0. The first kappa shape index (κ1) is 13.1. The molecule has 1 aliphatic carbocycles. The molecule has 0 N–H and O–H groups in total. The normalized spacial score (nSPS) is 13.3. The Bertz CT molecular complexity index is 963. The first-order chi connectivity index (χ1) is 10.8. The van der Waals surface area contributed by atoms with E-state index >= 15 is 0 Å². The Morgan fingerprint density at radius 2 is 1.77 bits per heavy atom. The summed E-state index contributed by atoms with van der Waals surface area (Å²) in [4.78, 5) is 13.1. The highest BCUT2D eigenvalue weighted by atomic mass is 16.1. The molecule has 2 aromatic carbocycles. The van der Waals surface area contributed by atoms with Gasteiger partial charge in [-0.05, 0) is 43.0 Å². The second kappa shape index (κ2) is 4.99. The van der Waals surface area contributed by atoms with E-state index in [0.29, 0.717) is 0 Å². The van der Waals surface area contributed by atoms with Crippen LogP contribution in [0.2, 0.25) is 0 Å². The van der Waals surface area contributed by atoms with Crippen LogP contribution >= 0.6 is 0 Å². The number of pyridine rings is 1. The van der Waals surface area contributed by atoms with E-state index in [1.807, 2.05) is 60.0 Å². The van der Waals surface area contributed by atoms with Gasteiger partial charge in [-0.2, -0.15) is 0 Å². The molecule has 3 aromatic rings. The summed E-state index contributed by atoms with van der Waals surface area (Å²) in [5, 5.41) is 1.18. The fraction of sp³-hybridized carbons (Fsp3) is 0.150. The van der Waals surface area contributed by atoms with E-state index in [1.54, 1.807) is 0 Å². The summed E-state index contributed by atoms with van der Waals surface area (Å²) in [6.45, 7) is 2.05. The summed E-state index contributed by atoms with van der Waals surface area (Å²) in [5.74, 6) is 0. The van der Waals surface area contributed by atoms with Crippen molar-refractivity contribution in [3.05, 3.63) is 81.7 Å². The minimum absolute atomic E-state index is 0.0824. The average Bonchev–Trinajstić information content (AvgIpc) is 2.57. The molecule has 2 heteroatoms. The van der Waals surface area contributed by atoms with Gasteiger partial charge in [0.25, 0.3) is 5.56 Å². The molecule has 0 bridgehead atoms. The van der Waals surface area contributed by atoms with Gasteiger partial charge in [0.2, 0.25) is 0 Å². The van der Waals surface area contributed by atoms with Gasteiger partial charge < -0.3 is 0 Å². The van der Waals surface area contributed by atoms with Crippen LogP contribution in [0.25, 0.3) is 22.7 Å². The van der Waals surface area contributed by atoms with Gasteiger partial charge in [-0.3, -0.25) is 9.36 Å². The van der Waals surface area contributed by atoms with Crippen molar-refractivity contribution in [2.45, 2.75) is 19.8 Å². The van der Waals surface area contributed by atoms with Crippen LogP contribution in [0.3, 0.4) is 0 Å². The topological polar surface area (TPSA) is 22.0 Å². The van der Waals surface area contributed by atoms with Crippen LogP contribution in [0.5, 0.6) is 0 Å². The molecule has 0 unspecified atom stereocenters. The van der Waals surface area contributed by atoms with Gasteiger partial charge in [-0.15, -0.1) is 0 Å². The molecule has 0 amide bonds. The molecule has 1 aromatic heterocycles. The van der Waals surface area contributed by atoms with Crippen molar-refractivity contribution in [1.29, 1.82) is 0 Å². The standard InChI is InChI=1S/C20H17NO/c1-14-8-2-6-12-18(14)21-19-13-7-5-10-16(19)15-9-3-4-11-17(15)20(21)22/h2,4-8,10-13H,3,9H2,1H3. The van der Waals surface area contributed by atoms with Gasteiger partial charge in [0.1, 0.15) is 0 Å². The Balaban J connectivity index is 2.21. The van der Waals surface area contributed by atoms with E-state index in [1.165, 1.54) is 10.9 Å². The lowest BCUT2D eigenvalue weighted by molar-refractivity contribution is 0.952. The highest BCUT2D eigenvalue weighted by Gasteiger charge is 2.17. The zero-order valence-electron chi connectivity index (χ0n) is 12.5. The fourth-order valence-electron chi connectivity index (χ4n) is 3.35. The van der Waals surface area contributed by atoms with Crippen LogP contribution in [0.1, 0.15) is 23.1 Å². The van der Waals surface area contributed by atoms with Gasteiger partial charge in [0, 0.05) is 10.9 Å². The maximum atomic E-state index is 13.1. The summed E-state index contributed by atoms with van der Waals surface area (Å²) in [6.07, 6.45) is 6.03. The SMILES string of the molecule is Cc1ccccc1-n1c(=O)c2c(c3ccccc31)CCC=C2. The van der Waals surface area contributed by atoms with Gasteiger partial charge in [-0.25, -0.2) is 0 Å². The maximum Gasteiger partial charge on any atom is 0.263 e. The lowest BCUT2D eigenvalue weighted by Crippen LogP contribution is -2.24. The second-order valence-corrected chi connectivity index (χ2v) is 5.78. The molecule has 108 valence electrons. The van der Waals surface area contributed by atoms with Gasteiger partial charge in [0.05, 0.1) is 11.2 Å². The summed E-state index contributed by atoms with van der Waals surface area (Å²) < 4.78 is 1.86. The van der Waals surface area contributed by atoms with Crippen molar-refractivity contribution < 1.29 is 0 Å². The van der Waals surface area contributed by atoms with E-state index in [9.17, 15) is 4.79 Å². The number of aromatic nitrogens is 1. The number of benzene rings is 2. The molecule has 0 radical (unpaired) electrons. The van der Waals surface area contributed by atoms with Crippen molar-refractivity contribution in [2.75, 3.05) is 0 Å². The number of rotatable bonds is 1.